The van der Waals surface area contributed by atoms with Crippen molar-refractivity contribution in [2.24, 2.45) is 0 Å². The molecule has 0 aliphatic carbocycles. The number of fused-ring (bicyclic) bond motifs is 9. The number of aromatic nitrogens is 2. The summed E-state index contributed by atoms with van der Waals surface area (Å²) in [5.41, 5.74) is 15.8. The molecule has 0 spiro atoms. The van der Waals surface area contributed by atoms with Crippen molar-refractivity contribution in [2.45, 2.75) is 0 Å². The molecule has 12 rings (SSSR count). The third-order valence-electron chi connectivity index (χ3n) is 11.7. The summed E-state index contributed by atoms with van der Waals surface area (Å²) < 4.78 is 11.4. The van der Waals surface area contributed by atoms with Crippen LogP contribution in [0.3, 0.4) is 0 Å². The molecule has 0 saturated heterocycles. The average molecular weight is 727 g/mol. The number of hydrogen-bond acceptors (Lipinski definition) is 1. The van der Waals surface area contributed by atoms with Gasteiger partial charge in [-0.25, -0.2) is 0 Å². The van der Waals surface area contributed by atoms with Crippen LogP contribution in [0.2, 0.25) is 0 Å². The standard InChI is InChI=1S/C54H34N2O/c1-4-12-35(13-5-1)36-23-28-50-47(30-36)48-31-37(24-29-51(48)55(50)41-14-6-2-7-15-41)39-21-26-45-46-27-22-40(34-54(46)57-53(45)33-39)38-20-25-44-43-18-10-11-19-49(43)56(52(44)32-38)42-16-8-3-9-17-42/h1-34H. The van der Waals surface area contributed by atoms with Crippen LogP contribution in [0.5, 0.6) is 0 Å². The molecular formula is C54H34N2O. The quantitative estimate of drug-likeness (QED) is 0.173. The van der Waals surface area contributed by atoms with Gasteiger partial charge in [0, 0.05) is 43.7 Å². The van der Waals surface area contributed by atoms with Crippen molar-refractivity contribution in [3.63, 3.8) is 0 Å². The van der Waals surface area contributed by atoms with Crippen LogP contribution in [0, 0.1) is 0 Å². The molecule has 0 atom stereocenters. The Morgan fingerprint density at radius 2 is 0.649 bits per heavy atom. The number of nitrogens with zero attached hydrogens (tertiary/aromatic N) is 2. The van der Waals surface area contributed by atoms with Gasteiger partial charge in [0.25, 0.3) is 0 Å². The summed E-state index contributed by atoms with van der Waals surface area (Å²) in [6.45, 7) is 0. The summed E-state index contributed by atoms with van der Waals surface area (Å²) >= 11 is 0. The van der Waals surface area contributed by atoms with E-state index in [9.17, 15) is 0 Å². The highest BCUT2D eigenvalue weighted by atomic mass is 16.3. The van der Waals surface area contributed by atoms with E-state index < -0.39 is 0 Å². The maximum atomic E-state index is 6.68. The molecule has 0 saturated carbocycles. The fourth-order valence-electron chi connectivity index (χ4n) is 9.01. The maximum absolute atomic E-state index is 6.68. The number of hydrogen-bond donors (Lipinski definition) is 0. The minimum absolute atomic E-state index is 0.887. The third-order valence-corrected chi connectivity index (χ3v) is 11.7. The molecule has 9 aromatic carbocycles. The molecule has 3 heteroatoms. The largest absolute Gasteiger partial charge is 0.456 e. The second-order valence-corrected chi connectivity index (χ2v) is 14.9. The van der Waals surface area contributed by atoms with Crippen LogP contribution in [0.25, 0.3) is 110 Å². The molecule has 0 radical (unpaired) electrons. The summed E-state index contributed by atoms with van der Waals surface area (Å²) in [5.74, 6) is 0. The summed E-state index contributed by atoms with van der Waals surface area (Å²) in [7, 11) is 0. The summed E-state index contributed by atoms with van der Waals surface area (Å²) in [6.07, 6.45) is 0. The Morgan fingerprint density at radius 3 is 1.25 bits per heavy atom. The van der Waals surface area contributed by atoms with Gasteiger partial charge in [-0.05, 0) is 118 Å². The van der Waals surface area contributed by atoms with Crippen LogP contribution >= 0.6 is 0 Å². The van der Waals surface area contributed by atoms with Crippen LogP contribution in [0.4, 0.5) is 0 Å². The van der Waals surface area contributed by atoms with Crippen LogP contribution in [0.1, 0.15) is 0 Å². The average Bonchev–Trinajstić information content (AvgIpc) is 3.93. The number of para-hydroxylation sites is 3. The number of furan rings is 1. The second kappa shape index (κ2) is 12.5. The Morgan fingerprint density at radius 1 is 0.246 bits per heavy atom. The first kappa shape index (κ1) is 31.7. The number of benzene rings is 9. The van der Waals surface area contributed by atoms with Crippen molar-refractivity contribution in [1.82, 2.24) is 9.13 Å². The zero-order valence-electron chi connectivity index (χ0n) is 30.9. The molecule has 0 bridgehead atoms. The van der Waals surface area contributed by atoms with Crippen LogP contribution in [0.15, 0.2) is 211 Å². The lowest BCUT2D eigenvalue weighted by molar-refractivity contribution is 0.669. The molecule has 3 heterocycles. The van der Waals surface area contributed by atoms with Crippen molar-refractivity contribution in [2.75, 3.05) is 0 Å². The van der Waals surface area contributed by atoms with E-state index in [1.165, 1.54) is 54.7 Å². The third kappa shape index (κ3) is 4.99. The molecule has 266 valence electrons. The van der Waals surface area contributed by atoms with E-state index in [1.54, 1.807) is 0 Å². The smallest absolute Gasteiger partial charge is 0.136 e. The molecule has 12 aromatic rings. The van der Waals surface area contributed by atoms with Crippen molar-refractivity contribution < 1.29 is 4.42 Å². The Bertz CT molecular complexity index is 3500. The normalized spacial score (nSPS) is 11.9. The van der Waals surface area contributed by atoms with E-state index in [2.05, 4.69) is 215 Å². The molecule has 3 aromatic heterocycles. The van der Waals surface area contributed by atoms with E-state index in [4.69, 9.17) is 4.42 Å². The van der Waals surface area contributed by atoms with Crippen molar-refractivity contribution in [3.8, 4) is 44.8 Å². The molecule has 0 aliphatic heterocycles. The first-order valence-electron chi connectivity index (χ1n) is 19.5. The summed E-state index contributed by atoms with van der Waals surface area (Å²) in [5, 5.41) is 7.20. The van der Waals surface area contributed by atoms with Crippen molar-refractivity contribution in [3.05, 3.63) is 206 Å². The molecule has 0 amide bonds. The van der Waals surface area contributed by atoms with E-state index in [0.717, 1.165) is 55.6 Å². The minimum atomic E-state index is 0.887. The molecule has 57 heavy (non-hydrogen) atoms. The molecule has 0 aliphatic rings. The lowest BCUT2D eigenvalue weighted by atomic mass is 9.99. The first-order chi connectivity index (χ1) is 28.2. The van der Waals surface area contributed by atoms with Gasteiger partial charge in [-0.2, -0.15) is 0 Å². The second-order valence-electron chi connectivity index (χ2n) is 14.9. The fourth-order valence-corrected chi connectivity index (χ4v) is 9.01. The fraction of sp³-hybridized carbons (Fsp3) is 0. The molecule has 0 N–H and O–H groups in total. The van der Waals surface area contributed by atoms with E-state index >= 15 is 0 Å². The Labute approximate surface area is 328 Å². The lowest BCUT2D eigenvalue weighted by Gasteiger charge is -2.09. The summed E-state index contributed by atoms with van der Waals surface area (Å²) in [6, 6.07) is 74.4. The predicted octanol–water partition coefficient (Wildman–Crippen LogP) is 14.8. The maximum Gasteiger partial charge on any atom is 0.136 e. The topological polar surface area (TPSA) is 23.0 Å². The van der Waals surface area contributed by atoms with E-state index in [0.29, 0.717) is 0 Å². The monoisotopic (exact) mass is 726 g/mol. The minimum Gasteiger partial charge on any atom is -0.456 e. The van der Waals surface area contributed by atoms with Crippen molar-refractivity contribution >= 4 is 65.6 Å². The highest BCUT2D eigenvalue weighted by Gasteiger charge is 2.17. The van der Waals surface area contributed by atoms with Gasteiger partial charge >= 0.3 is 0 Å². The summed E-state index contributed by atoms with van der Waals surface area (Å²) in [4.78, 5) is 0. The van der Waals surface area contributed by atoms with Gasteiger partial charge in [0.1, 0.15) is 11.2 Å². The molecule has 0 unspecified atom stereocenters. The number of rotatable bonds is 5. The predicted molar refractivity (Wildman–Crippen MR) is 239 cm³/mol. The van der Waals surface area contributed by atoms with Gasteiger partial charge in [-0.15, -0.1) is 0 Å². The van der Waals surface area contributed by atoms with E-state index in [1.807, 2.05) is 0 Å². The van der Waals surface area contributed by atoms with Gasteiger partial charge in [-0.1, -0.05) is 121 Å². The first-order valence-corrected chi connectivity index (χ1v) is 19.5. The van der Waals surface area contributed by atoms with Gasteiger partial charge in [0.2, 0.25) is 0 Å². The Balaban J connectivity index is 0.969. The van der Waals surface area contributed by atoms with Crippen LogP contribution in [-0.4, -0.2) is 9.13 Å². The van der Waals surface area contributed by atoms with Crippen LogP contribution in [-0.2, 0) is 0 Å². The SMILES string of the molecule is c1ccc(-c2ccc3c(c2)c2cc(-c4ccc5c(c4)oc4cc(-c6ccc7c8ccccc8n(-c8ccccc8)c7c6)ccc45)ccc2n3-c2ccccc2)cc1. The van der Waals surface area contributed by atoms with Gasteiger partial charge < -0.3 is 13.6 Å². The van der Waals surface area contributed by atoms with E-state index in [-0.39, 0.29) is 0 Å². The van der Waals surface area contributed by atoms with Gasteiger partial charge in [0.05, 0.1) is 22.1 Å². The lowest BCUT2D eigenvalue weighted by Crippen LogP contribution is -1.93. The molecule has 3 nitrogen and oxygen atoms in total. The Hall–Kier alpha value is -7.62. The molecule has 0 fully saturated rings. The highest BCUT2D eigenvalue weighted by Crippen LogP contribution is 2.40. The zero-order chi connectivity index (χ0) is 37.5. The molecular weight excluding hydrogens is 693 g/mol. The van der Waals surface area contributed by atoms with Gasteiger partial charge in [-0.3, -0.25) is 0 Å². The van der Waals surface area contributed by atoms with Gasteiger partial charge in [0.15, 0.2) is 0 Å². The van der Waals surface area contributed by atoms with Crippen LogP contribution < -0.4 is 0 Å². The van der Waals surface area contributed by atoms with Crippen molar-refractivity contribution in [1.29, 1.82) is 0 Å². The zero-order valence-corrected chi connectivity index (χ0v) is 30.9. The Kier molecular flexibility index (Phi) is 6.93. The highest BCUT2D eigenvalue weighted by molar-refractivity contribution is 6.13.